The number of carbonyl (C=O) groups is 2. The first-order valence-corrected chi connectivity index (χ1v) is 8.75. The molecule has 4 nitrogen and oxygen atoms in total. The van der Waals surface area contributed by atoms with Crippen LogP contribution in [-0.2, 0) is 23.3 Å². The molecule has 5 heteroatoms. The summed E-state index contributed by atoms with van der Waals surface area (Å²) in [7, 11) is 0. The van der Waals surface area contributed by atoms with Gasteiger partial charge in [0.15, 0.2) is 0 Å². The highest BCUT2D eigenvalue weighted by molar-refractivity contribution is 7.10. The van der Waals surface area contributed by atoms with Gasteiger partial charge < -0.3 is 5.32 Å². The van der Waals surface area contributed by atoms with Crippen molar-refractivity contribution in [1.82, 2.24) is 10.2 Å². The minimum Gasteiger partial charge on any atom is -0.319 e. The first-order chi connectivity index (χ1) is 11.1. The minimum atomic E-state index is -0.839. The van der Waals surface area contributed by atoms with Crippen LogP contribution in [0.25, 0.3) is 0 Å². The molecular weight excluding hydrogens is 308 g/mol. The van der Waals surface area contributed by atoms with Crippen molar-refractivity contribution in [3.05, 3.63) is 57.3 Å². The number of urea groups is 1. The maximum absolute atomic E-state index is 13.1. The van der Waals surface area contributed by atoms with Crippen molar-refractivity contribution >= 4 is 23.3 Å². The standard InChI is InChI=1S/C18H18N2O2S/c1-12-4-2-5-13(10-12)11-20-16(21)18(19-17(20)22)8-3-6-15-14(18)7-9-23-15/h2,4-5,7,9-10H,3,6,8,11H2,1H3,(H,19,22)/t18-/m0/s1. The number of nitrogens with one attached hydrogen (secondary N) is 1. The second-order valence-corrected chi connectivity index (χ2v) is 7.33. The fraction of sp³-hybridized carbons (Fsp3) is 0.333. The quantitative estimate of drug-likeness (QED) is 0.861. The Bertz CT molecular complexity index is 798. The van der Waals surface area contributed by atoms with Gasteiger partial charge in [-0.25, -0.2) is 4.79 Å². The minimum absolute atomic E-state index is 0.108. The van der Waals surface area contributed by atoms with Gasteiger partial charge in [0.05, 0.1) is 6.54 Å². The third-order valence-electron chi connectivity index (χ3n) is 4.76. The molecular formula is C18H18N2O2S. The fourth-order valence-corrected chi connectivity index (χ4v) is 4.68. The number of hydrogen-bond donors (Lipinski definition) is 1. The topological polar surface area (TPSA) is 49.4 Å². The van der Waals surface area contributed by atoms with Crippen molar-refractivity contribution in [2.45, 2.75) is 38.3 Å². The van der Waals surface area contributed by atoms with Gasteiger partial charge in [-0.05, 0) is 43.2 Å². The summed E-state index contributed by atoms with van der Waals surface area (Å²) in [6, 6.07) is 9.65. The van der Waals surface area contributed by atoms with Crippen LogP contribution in [0.4, 0.5) is 4.79 Å². The van der Waals surface area contributed by atoms with E-state index in [9.17, 15) is 9.59 Å². The third-order valence-corrected chi connectivity index (χ3v) is 5.74. The Morgan fingerprint density at radius 1 is 1.30 bits per heavy atom. The molecule has 0 radical (unpaired) electrons. The molecule has 0 bridgehead atoms. The molecule has 3 amide bonds. The predicted molar refractivity (Wildman–Crippen MR) is 89.2 cm³/mol. The van der Waals surface area contributed by atoms with E-state index in [1.807, 2.05) is 42.6 Å². The van der Waals surface area contributed by atoms with Crippen molar-refractivity contribution in [2.75, 3.05) is 0 Å². The Kier molecular flexibility index (Phi) is 3.27. The van der Waals surface area contributed by atoms with Crippen LogP contribution in [0.3, 0.4) is 0 Å². The predicted octanol–water partition coefficient (Wildman–Crippen LogP) is 3.34. The molecule has 2 heterocycles. The van der Waals surface area contributed by atoms with Gasteiger partial charge in [-0.1, -0.05) is 29.8 Å². The van der Waals surface area contributed by atoms with Crippen LogP contribution >= 0.6 is 11.3 Å². The number of benzene rings is 1. The molecule has 0 unspecified atom stereocenters. The van der Waals surface area contributed by atoms with Crippen LogP contribution in [0.1, 0.15) is 34.4 Å². The summed E-state index contributed by atoms with van der Waals surface area (Å²) in [6.07, 6.45) is 2.61. The number of amides is 3. The maximum atomic E-state index is 13.1. The van der Waals surface area contributed by atoms with Crippen molar-refractivity contribution in [2.24, 2.45) is 0 Å². The van der Waals surface area contributed by atoms with E-state index in [1.165, 1.54) is 9.78 Å². The summed E-state index contributed by atoms with van der Waals surface area (Å²) in [5.74, 6) is -0.108. The summed E-state index contributed by atoms with van der Waals surface area (Å²) < 4.78 is 0. The molecule has 23 heavy (non-hydrogen) atoms. The molecule has 4 rings (SSSR count). The second-order valence-electron chi connectivity index (χ2n) is 6.33. The number of carbonyl (C=O) groups excluding carboxylic acids is 2. The van der Waals surface area contributed by atoms with E-state index >= 15 is 0 Å². The van der Waals surface area contributed by atoms with E-state index in [1.54, 1.807) is 11.3 Å². The summed E-state index contributed by atoms with van der Waals surface area (Å²) in [5, 5.41) is 5.00. The molecule has 118 valence electrons. The molecule has 1 saturated heterocycles. The monoisotopic (exact) mass is 326 g/mol. The highest BCUT2D eigenvalue weighted by Gasteiger charge is 2.54. The highest BCUT2D eigenvalue weighted by Crippen LogP contribution is 2.42. The maximum Gasteiger partial charge on any atom is 0.325 e. The van der Waals surface area contributed by atoms with Gasteiger partial charge in [0, 0.05) is 10.4 Å². The normalized spacial score (nSPS) is 23.3. The van der Waals surface area contributed by atoms with E-state index < -0.39 is 5.54 Å². The first kappa shape index (κ1) is 14.5. The zero-order valence-corrected chi connectivity index (χ0v) is 13.8. The van der Waals surface area contributed by atoms with E-state index in [0.717, 1.165) is 29.5 Å². The molecule has 2 aliphatic rings. The zero-order chi connectivity index (χ0) is 16.0. The number of fused-ring (bicyclic) bond motifs is 2. The van der Waals surface area contributed by atoms with Crippen molar-refractivity contribution < 1.29 is 9.59 Å². The molecule has 0 saturated carbocycles. The van der Waals surface area contributed by atoms with Crippen LogP contribution in [0.2, 0.25) is 0 Å². The second kappa shape index (κ2) is 5.20. The number of thiophene rings is 1. The molecule has 1 aromatic heterocycles. The summed E-state index contributed by atoms with van der Waals surface area (Å²) in [6.45, 7) is 2.34. The van der Waals surface area contributed by atoms with Crippen LogP contribution in [0.15, 0.2) is 35.7 Å². The Morgan fingerprint density at radius 3 is 3.00 bits per heavy atom. The van der Waals surface area contributed by atoms with Crippen molar-refractivity contribution in [3.8, 4) is 0 Å². The third kappa shape index (κ3) is 2.18. The van der Waals surface area contributed by atoms with Crippen LogP contribution in [0, 0.1) is 6.92 Å². The molecule has 1 atom stereocenters. The molecule has 1 aromatic carbocycles. The van der Waals surface area contributed by atoms with Crippen molar-refractivity contribution in [3.63, 3.8) is 0 Å². The van der Waals surface area contributed by atoms with E-state index in [-0.39, 0.29) is 11.9 Å². The highest BCUT2D eigenvalue weighted by atomic mass is 32.1. The molecule has 1 N–H and O–H groups in total. The van der Waals surface area contributed by atoms with Gasteiger partial charge in [0.25, 0.3) is 5.91 Å². The lowest BCUT2D eigenvalue weighted by Gasteiger charge is -2.31. The van der Waals surface area contributed by atoms with Crippen LogP contribution in [-0.4, -0.2) is 16.8 Å². The van der Waals surface area contributed by atoms with Crippen LogP contribution in [0.5, 0.6) is 0 Å². The molecule has 1 spiro atoms. The Morgan fingerprint density at radius 2 is 2.17 bits per heavy atom. The van der Waals surface area contributed by atoms with E-state index in [4.69, 9.17) is 0 Å². The lowest BCUT2D eigenvalue weighted by Crippen LogP contribution is -2.46. The number of hydrogen-bond acceptors (Lipinski definition) is 3. The lowest BCUT2D eigenvalue weighted by molar-refractivity contribution is -0.132. The summed E-state index contributed by atoms with van der Waals surface area (Å²) >= 11 is 1.67. The Balaban J connectivity index is 1.68. The Hall–Kier alpha value is -2.14. The molecule has 1 aliphatic carbocycles. The summed E-state index contributed by atoms with van der Waals surface area (Å²) in [4.78, 5) is 28.2. The number of rotatable bonds is 2. The average molecular weight is 326 g/mol. The summed E-state index contributed by atoms with van der Waals surface area (Å²) in [5.41, 5.74) is 2.27. The van der Waals surface area contributed by atoms with Crippen LogP contribution < -0.4 is 5.32 Å². The van der Waals surface area contributed by atoms with Gasteiger partial charge >= 0.3 is 6.03 Å². The van der Waals surface area contributed by atoms with Gasteiger partial charge in [-0.15, -0.1) is 11.3 Å². The average Bonchev–Trinajstić information content (AvgIpc) is 3.09. The SMILES string of the molecule is Cc1cccc(CN2C(=O)N[C@]3(CCCc4sccc43)C2=O)c1. The molecule has 1 fully saturated rings. The van der Waals surface area contributed by atoms with Crippen molar-refractivity contribution in [1.29, 1.82) is 0 Å². The number of nitrogens with zero attached hydrogens (tertiary/aromatic N) is 1. The number of imide groups is 1. The largest absolute Gasteiger partial charge is 0.325 e. The van der Waals surface area contributed by atoms with Gasteiger partial charge in [0.2, 0.25) is 0 Å². The van der Waals surface area contributed by atoms with Gasteiger partial charge in [-0.3, -0.25) is 9.69 Å². The fourth-order valence-electron chi connectivity index (χ4n) is 3.68. The van der Waals surface area contributed by atoms with E-state index in [2.05, 4.69) is 5.32 Å². The van der Waals surface area contributed by atoms with E-state index in [0.29, 0.717) is 13.0 Å². The number of aryl methyl sites for hydroxylation is 2. The molecule has 2 aromatic rings. The van der Waals surface area contributed by atoms with Gasteiger partial charge in [0.1, 0.15) is 5.54 Å². The Labute approximate surface area is 139 Å². The smallest absolute Gasteiger partial charge is 0.319 e. The zero-order valence-electron chi connectivity index (χ0n) is 13.0. The lowest BCUT2D eigenvalue weighted by atomic mass is 9.80. The molecule has 1 aliphatic heterocycles. The van der Waals surface area contributed by atoms with Gasteiger partial charge in [-0.2, -0.15) is 0 Å². The first-order valence-electron chi connectivity index (χ1n) is 7.87.